The summed E-state index contributed by atoms with van der Waals surface area (Å²) in [5, 5.41) is 3.50. The third-order valence-corrected chi connectivity index (χ3v) is 2.61. The van der Waals surface area contributed by atoms with Gasteiger partial charge in [0.05, 0.1) is 17.1 Å². The molecule has 0 spiro atoms. The van der Waals surface area contributed by atoms with Gasteiger partial charge in [0.15, 0.2) is 11.6 Å². The third kappa shape index (κ3) is 1.88. The van der Waals surface area contributed by atoms with Gasteiger partial charge in [-0.3, -0.25) is 0 Å². The summed E-state index contributed by atoms with van der Waals surface area (Å²) in [5.41, 5.74) is 5.65. The summed E-state index contributed by atoms with van der Waals surface area (Å²) in [6.45, 7) is 0. The molecule has 4 nitrogen and oxygen atoms in total. The van der Waals surface area contributed by atoms with Gasteiger partial charge in [0.25, 0.3) is 0 Å². The number of ether oxygens (including phenoxy) is 1. The monoisotopic (exact) mass is 286 g/mol. The molecule has 1 aromatic carbocycles. The molecule has 84 valence electrons. The van der Waals surface area contributed by atoms with Crippen LogP contribution in [0.2, 0.25) is 0 Å². The molecule has 1 heterocycles. The number of hydrogen-bond acceptors (Lipinski definition) is 4. The van der Waals surface area contributed by atoms with Gasteiger partial charge in [-0.15, -0.1) is 0 Å². The highest BCUT2D eigenvalue weighted by atomic mass is 79.9. The zero-order valence-electron chi connectivity index (χ0n) is 8.33. The van der Waals surface area contributed by atoms with Gasteiger partial charge < -0.3 is 15.0 Å². The van der Waals surface area contributed by atoms with Crippen LogP contribution in [0.3, 0.4) is 0 Å². The SMILES string of the molecule is COc1cc(Br)c(F)c(-c2cc(N)no2)c1. The van der Waals surface area contributed by atoms with Crippen molar-refractivity contribution in [2.45, 2.75) is 0 Å². The van der Waals surface area contributed by atoms with Crippen molar-refractivity contribution in [2.75, 3.05) is 12.8 Å². The van der Waals surface area contributed by atoms with E-state index in [1.165, 1.54) is 25.3 Å². The van der Waals surface area contributed by atoms with Crippen molar-refractivity contribution in [1.29, 1.82) is 0 Å². The average molecular weight is 287 g/mol. The number of anilines is 1. The molecule has 0 unspecified atom stereocenters. The van der Waals surface area contributed by atoms with Gasteiger partial charge in [-0.05, 0) is 28.1 Å². The largest absolute Gasteiger partial charge is 0.497 e. The second-order valence-corrected chi connectivity index (χ2v) is 3.94. The number of nitrogens with zero attached hydrogens (tertiary/aromatic N) is 1. The molecular weight excluding hydrogens is 279 g/mol. The lowest BCUT2D eigenvalue weighted by Crippen LogP contribution is -1.89. The molecule has 0 bridgehead atoms. The fourth-order valence-electron chi connectivity index (χ4n) is 1.28. The van der Waals surface area contributed by atoms with Crippen molar-refractivity contribution in [3.05, 3.63) is 28.5 Å². The number of rotatable bonds is 2. The van der Waals surface area contributed by atoms with E-state index >= 15 is 0 Å². The van der Waals surface area contributed by atoms with Crippen LogP contribution in [-0.2, 0) is 0 Å². The fourth-order valence-corrected chi connectivity index (χ4v) is 1.72. The molecule has 0 fully saturated rings. The Balaban J connectivity index is 2.59. The molecular formula is C10H8BrFN2O2. The second-order valence-electron chi connectivity index (χ2n) is 3.09. The van der Waals surface area contributed by atoms with Crippen molar-refractivity contribution >= 4 is 21.7 Å². The molecule has 0 saturated heterocycles. The van der Waals surface area contributed by atoms with Crippen molar-refractivity contribution in [1.82, 2.24) is 5.16 Å². The Hall–Kier alpha value is -1.56. The molecule has 6 heteroatoms. The maximum atomic E-state index is 13.8. The maximum Gasteiger partial charge on any atom is 0.172 e. The van der Waals surface area contributed by atoms with Crippen LogP contribution in [0.25, 0.3) is 11.3 Å². The highest BCUT2D eigenvalue weighted by Gasteiger charge is 2.15. The molecule has 0 saturated carbocycles. The summed E-state index contributed by atoms with van der Waals surface area (Å²) in [5.74, 6) is 0.526. The van der Waals surface area contributed by atoms with E-state index < -0.39 is 5.82 Å². The Labute approximate surface area is 99.3 Å². The lowest BCUT2D eigenvalue weighted by Gasteiger charge is -2.05. The third-order valence-electron chi connectivity index (χ3n) is 2.03. The average Bonchev–Trinajstić information content (AvgIpc) is 2.68. The summed E-state index contributed by atoms with van der Waals surface area (Å²) in [6, 6.07) is 4.49. The van der Waals surface area contributed by atoms with Crippen LogP contribution in [0.5, 0.6) is 5.75 Å². The van der Waals surface area contributed by atoms with Gasteiger partial charge in [-0.1, -0.05) is 5.16 Å². The van der Waals surface area contributed by atoms with E-state index in [2.05, 4.69) is 21.1 Å². The van der Waals surface area contributed by atoms with E-state index in [1.807, 2.05) is 0 Å². The Bertz CT molecular complexity index is 528. The zero-order chi connectivity index (χ0) is 11.7. The first-order valence-corrected chi connectivity index (χ1v) is 5.16. The fraction of sp³-hybridized carbons (Fsp3) is 0.100. The minimum Gasteiger partial charge on any atom is -0.497 e. The highest BCUT2D eigenvalue weighted by Crippen LogP contribution is 2.33. The molecule has 2 N–H and O–H groups in total. The zero-order valence-corrected chi connectivity index (χ0v) is 9.92. The maximum absolute atomic E-state index is 13.8. The summed E-state index contributed by atoms with van der Waals surface area (Å²) < 4.78 is 24.0. The molecule has 0 atom stereocenters. The topological polar surface area (TPSA) is 61.3 Å². The standard InChI is InChI=1S/C10H8BrFN2O2/c1-15-5-2-6(10(12)7(11)3-5)8-4-9(13)14-16-8/h2-4H,1H3,(H2,13,14). The lowest BCUT2D eigenvalue weighted by atomic mass is 10.1. The second kappa shape index (κ2) is 4.13. The van der Waals surface area contributed by atoms with E-state index in [9.17, 15) is 4.39 Å². The van der Waals surface area contributed by atoms with Gasteiger partial charge in [0.2, 0.25) is 0 Å². The van der Waals surface area contributed by atoms with Crippen molar-refractivity contribution in [2.24, 2.45) is 0 Å². The predicted octanol–water partition coefficient (Wildman–Crippen LogP) is 2.83. The summed E-state index contributed by atoms with van der Waals surface area (Å²) in [7, 11) is 1.50. The Morgan fingerprint density at radius 2 is 2.19 bits per heavy atom. The highest BCUT2D eigenvalue weighted by molar-refractivity contribution is 9.10. The summed E-state index contributed by atoms with van der Waals surface area (Å²) >= 11 is 3.09. The summed E-state index contributed by atoms with van der Waals surface area (Å²) in [4.78, 5) is 0. The van der Waals surface area contributed by atoms with Crippen LogP contribution in [-0.4, -0.2) is 12.3 Å². The van der Waals surface area contributed by atoms with Crippen LogP contribution in [0.4, 0.5) is 10.2 Å². The summed E-state index contributed by atoms with van der Waals surface area (Å²) in [6.07, 6.45) is 0. The number of aromatic nitrogens is 1. The van der Waals surface area contributed by atoms with E-state index in [1.54, 1.807) is 0 Å². The molecule has 0 aliphatic carbocycles. The first-order chi connectivity index (χ1) is 7.61. The van der Waals surface area contributed by atoms with E-state index in [0.29, 0.717) is 5.75 Å². The number of nitrogen functional groups attached to an aromatic ring is 1. The molecule has 16 heavy (non-hydrogen) atoms. The van der Waals surface area contributed by atoms with Crippen LogP contribution < -0.4 is 10.5 Å². The van der Waals surface area contributed by atoms with E-state index in [-0.39, 0.29) is 21.6 Å². The predicted molar refractivity (Wildman–Crippen MR) is 60.6 cm³/mol. The minimum absolute atomic E-state index is 0.202. The number of nitrogens with two attached hydrogens (primary N) is 1. The minimum atomic E-state index is -0.447. The van der Waals surface area contributed by atoms with Gasteiger partial charge >= 0.3 is 0 Å². The molecule has 1 aromatic heterocycles. The molecule has 0 aliphatic heterocycles. The number of halogens is 2. The van der Waals surface area contributed by atoms with Crippen molar-refractivity contribution in [3.63, 3.8) is 0 Å². The van der Waals surface area contributed by atoms with Crippen LogP contribution >= 0.6 is 15.9 Å². The number of hydrogen-bond donors (Lipinski definition) is 1. The quantitative estimate of drug-likeness (QED) is 0.922. The molecule has 2 aromatic rings. The lowest BCUT2D eigenvalue weighted by molar-refractivity contribution is 0.411. The van der Waals surface area contributed by atoms with E-state index in [0.717, 1.165) is 0 Å². The van der Waals surface area contributed by atoms with Crippen molar-refractivity contribution < 1.29 is 13.7 Å². The van der Waals surface area contributed by atoms with Gasteiger partial charge in [0.1, 0.15) is 11.6 Å². The molecule has 2 rings (SSSR count). The molecule has 0 aliphatic rings. The Morgan fingerprint density at radius 3 is 2.75 bits per heavy atom. The van der Waals surface area contributed by atoms with Gasteiger partial charge in [-0.25, -0.2) is 4.39 Å². The number of methoxy groups -OCH3 is 1. The van der Waals surface area contributed by atoms with Gasteiger partial charge in [-0.2, -0.15) is 0 Å². The van der Waals surface area contributed by atoms with Crippen LogP contribution in [0, 0.1) is 5.82 Å². The normalized spacial score (nSPS) is 10.4. The first-order valence-electron chi connectivity index (χ1n) is 4.37. The van der Waals surface area contributed by atoms with Crippen LogP contribution in [0.1, 0.15) is 0 Å². The van der Waals surface area contributed by atoms with Gasteiger partial charge in [0, 0.05) is 6.07 Å². The smallest absolute Gasteiger partial charge is 0.172 e. The molecule has 0 radical (unpaired) electrons. The van der Waals surface area contributed by atoms with E-state index in [4.69, 9.17) is 15.0 Å². The number of benzene rings is 1. The Kier molecular flexibility index (Phi) is 2.82. The van der Waals surface area contributed by atoms with Crippen molar-refractivity contribution in [3.8, 4) is 17.1 Å². The first kappa shape index (κ1) is 10.9. The van der Waals surface area contributed by atoms with Crippen LogP contribution in [0.15, 0.2) is 27.2 Å². The Morgan fingerprint density at radius 1 is 1.44 bits per heavy atom. The molecule has 0 amide bonds.